The first kappa shape index (κ1) is 18.7. The maximum absolute atomic E-state index is 12.8. The highest BCUT2D eigenvalue weighted by molar-refractivity contribution is 5.85. The summed E-state index contributed by atoms with van der Waals surface area (Å²) in [5.74, 6) is 1.92. The topological polar surface area (TPSA) is 46.5 Å². The second-order valence-electron chi connectivity index (χ2n) is 6.60. The van der Waals surface area contributed by atoms with Crippen molar-refractivity contribution in [3.05, 3.63) is 71.8 Å². The van der Waals surface area contributed by atoms with Crippen molar-refractivity contribution in [2.75, 3.05) is 33.8 Å². The van der Waals surface area contributed by atoms with E-state index in [1.165, 1.54) is 0 Å². The summed E-state index contributed by atoms with van der Waals surface area (Å²) in [4.78, 5) is 12.8. The summed E-state index contributed by atoms with van der Waals surface area (Å²) in [5.41, 5.74) is -0.890. The van der Waals surface area contributed by atoms with Gasteiger partial charge in [0.1, 0.15) is 19.7 Å². The molecule has 0 aliphatic heterocycles. The molecule has 0 saturated carbocycles. The molecule has 0 aliphatic rings. The lowest BCUT2D eigenvalue weighted by molar-refractivity contribution is -0.883. The Balaban J connectivity index is 2.22. The standard InChI is InChI=1S/C21H24NO3/c1-4-15-22(2,3)16-17-25-20(23)21(24,18-11-7-5-8-12-18)19-13-9-6-10-14-19/h1,5-14,24H,15-17H2,2-3H3/q+1. The summed E-state index contributed by atoms with van der Waals surface area (Å²) in [6.45, 7) is 1.28. The SMILES string of the molecule is C#CC[N+](C)(C)CCOC(=O)C(O)(c1ccccc1)c1ccccc1. The first-order valence-electron chi connectivity index (χ1n) is 8.16. The molecule has 0 aromatic heterocycles. The van der Waals surface area contributed by atoms with E-state index in [1.54, 1.807) is 48.5 Å². The largest absolute Gasteiger partial charge is 0.457 e. The van der Waals surface area contributed by atoms with Gasteiger partial charge in [0.05, 0.1) is 14.1 Å². The molecule has 2 aromatic rings. The van der Waals surface area contributed by atoms with Crippen LogP contribution in [0.2, 0.25) is 0 Å². The van der Waals surface area contributed by atoms with E-state index in [2.05, 4.69) is 5.92 Å². The molecule has 1 N–H and O–H groups in total. The molecule has 0 aliphatic carbocycles. The van der Waals surface area contributed by atoms with Crippen molar-refractivity contribution in [1.29, 1.82) is 0 Å². The second kappa shape index (κ2) is 7.98. The average Bonchev–Trinajstić information content (AvgIpc) is 2.62. The Hall–Kier alpha value is -2.61. The third kappa shape index (κ3) is 4.48. The van der Waals surface area contributed by atoms with Crippen LogP contribution in [0.1, 0.15) is 11.1 Å². The summed E-state index contributed by atoms with van der Waals surface area (Å²) >= 11 is 0. The Labute approximate surface area is 149 Å². The predicted octanol–water partition coefficient (Wildman–Crippen LogP) is 2.18. The highest BCUT2D eigenvalue weighted by Crippen LogP contribution is 2.31. The maximum atomic E-state index is 12.8. The molecule has 130 valence electrons. The summed E-state index contributed by atoms with van der Waals surface area (Å²) in [7, 11) is 3.93. The van der Waals surface area contributed by atoms with Crippen molar-refractivity contribution in [3.63, 3.8) is 0 Å². The number of rotatable bonds is 7. The molecule has 0 spiro atoms. The zero-order valence-electron chi connectivity index (χ0n) is 14.7. The van der Waals surface area contributed by atoms with Crippen LogP contribution in [0.15, 0.2) is 60.7 Å². The van der Waals surface area contributed by atoms with E-state index >= 15 is 0 Å². The fraction of sp³-hybridized carbons (Fsp3) is 0.286. The summed E-state index contributed by atoms with van der Waals surface area (Å²) in [5, 5.41) is 11.2. The first-order chi connectivity index (χ1) is 11.9. The Morgan fingerprint density at radius 2 is 1.56 bits per heavy atom. The lowest BCUT2D eigenvalue weighted by Crippen LogP contribution is -2.44. The van der Waals surface area contributed by atoms with Gasteiger partial charge in [-0.25, -0.2) is 4.79 Å². The van der Waals surface area contributed by atoms with E-state index in [0.29, 0.717) is 28.7 Å². The lowest BCUT2D eigenvalue weighted by Gasteiger charge is -2.29. The van der Waals surface area contributed by atoms with Crippen LogP contribution in [0.3, 0.4) is 0 Å². The average molecular weight is 338 g/mol. The zero-order valence-corrected chi connectivity index (χ0v) is 14.7. The monoisotopic (exact) mass is 338 g/mol. The predicted molar refractivity (Wildman–Crippen MR) is 97.5 cm³/mol. The highest BCUT2D eigenvalue weighted by atomic mass is 16.5. The normalized spacial score (nSPS) is 11.6. The van der Waals surface area contributed by atoms with Gasteiger partial charge in [-0.05, 0) is 17.0 Å². The van der Waals surface area contributed by atoms with Crippen LogP contribution in [-0.2, 0) is 15.1 Å². The van der Waals surface area contributed by atoms with Crippen molar-refractivity contribution < 1.29 is 19.1 Å². The van der Waals surface area contributed by atoms with E-state index in [9.17, 15) is 9.90 Å². The third-order valence-electron chi connectivity index (χ3n) is 4.13. The molecule has 25 heavy (non-hydrogen) atoms. The molecule has 0 atom stereocenters. The number of carbonyl (C=O) groups excluding carboxylic acids is 1. The molecular weight excluding hydrogens is 314 g/mol. The van der Waals surface area contributed by atoms with E-state index in [1.807, 2.05) is 26.2 Å². The van der Waals surface area contributed by atoms with Gasteiger partial charge < -0.3 is 14.3 Å². The molecular formula is C21H24NO3+. The fourth-order valence-corrected chi connectivity index (χ4v) is 2.58. The fourth-order valence-electron chi connectivity index (χ4n) is 2.58. The minimum Gasteiger partial charge on any atom is -0.457 e. The smallest absolute Gasteiger partial charge is 0.347 e. The van der Waals surface area contributed by atoms with Gasteiger partial charge in [0.2, 0.25) is 5.60 Å². The highest BCUT2D eigenvalue weighted by Gasteiger charge is 2.41. The van der Waals surface area contributed by atoms with E-state index in [0.717, 1.165) is 0 Å². The van der Waals surface area contributed by atoms with Crippen molar-refractivity contribution in [3.8, 4) is 12.3 Å². The molecule has 0 heterocycles. The molecule has 0 amide bonds. The first-order valence-corrected chi connectivity index (χ1v) is 8.16. The van der Waals surface area contributed by atoms with Gasteiger partial charge in [0.15, 0.2) is 0 Å². The van der Waals surface area contributed by atoms with E-state index in [-0.39, 0.29) is 6.61 Å². The number of aliphatic hydroxyl groups is 1. The van der Waals surface area contributed by atoms with Crippen molar-refractivity contribution in [2.24, 2.45) is 0 Å². The minimum atomic E-state index is -1.84. The second-order valence-corrected chi connectivity index (χ2v) is 6.60. The number of hydrogen-bond donors (Lipinski definition) is 1. The Bertz CT molecular complexity index is 693. The quantitative estimate of drug-likeness (QED) is 0.478. The molecule has 4 heteroatoms. The van der Waals surface area contributed by atoms with Crippen LogP contribution in [0.25, 0.3) is 0 Å². The van der Waals surface area contributed by atoms with Gasteiger partial charge in [0, 0.05) is 0 Å². The van der Waals surface area contributed by atoms with Gasteiger partial charge in [-0.15, -0.1) is 6.42 Å². The van der Waals surface area contributed by atoms with Gasteiger partial charge in [-0.1, -0.05) is 60.7 Å². The molecule has 2 aromatic carbocycles. The Morgan fingerprint density at radius 3 is 2.00 bits per heavy atom. The number of ether oxygens (including phenoxy) is 1. The summed E-state index contributed by atoms with van der Waals surface area (Å²) in [6.07, 6.45) is 5.35. The van der Waals surface area contributed by atoms with Crippen LogP contribution in [-0.4, -0.2) is 49.4 Å². The van der Waals surface area contributed by atoms with Crippen LogP contribution in [0.5, 0.6) is 0 Å². The molecule has 4 nitrogen and oxygen atoms in total. The van der Waals surface area contributed by atoms with Gasteiger partial charge in [0.25, 0.3) is 0 Å². The molecule has 0 radical (unpaired) electrons. The zero-order chi connectivity index (χ0) is 18.3. The van der Waals surface area contributed by atoms with Crippen LogP contribution in [0.4, 0.5) is 0 Å². The van der Waals surface area contributed by atoms with Gasteiger partial charge in [-0.3, -0.25) is 0 Å². The number of likely N-dealkylation sites (N-methyl/N-ethyl adjacent to an activating group) is 1. The maximum Gasteiger partial charge on any atom is 0.347 e. The van der Waals surface area contributed by atoms with Crippen LogP contribution in [0, 0.1) is 12.3 Å². The lowest BCUT2D eigenvalue weighted by atomic mass is 9.86. The van der Waals surface area contributed by atoms with E-state index in [4.69, 9.17) is 11.2 Å². The Morgan fingerprint density at radius 1 is 1.08 bits per heavy atom. The van der Waals surface area contributed by atoms with Crippen LogP contribution >= 0.6 is 0 Å². The van der Waals surface area contributed by atoms with Crippen molar-refractivity contribution in [2.45, 2.75) is 5.60 Å². The number of esters is 1. The number of nitrogens with zero attached hydrogens (tertiary/aromatic N) is 1. The summed E-state index contributed by atoms with van der Waals surface area (Å²) in [6, 6.07) is 17.7. The minimum absolute atomic E-state index is 0.176. The molecule has 0 saturated heterocycles. The molecule has 0 unspecified atom stereocenters. The van der Waals surface area contributed by atoms with Crippen LogP contribution < -0.4 is 0 Å². The van der Waals surface area contributed by atoms with E-state index < -0.39 is 11.6 Å². The van der Waals surface area contributed by atoms with Gasteiger partial charge >= 0.3 is 5.97 Å². The number of benzene rings is 2. The number of hydrogen-bond acceptors (Lipinski definition) is 3. The summed E-state index contributed by atoms with van der Waals surface area (Å²) < 4.78 is 5.97. The molecule has 0 fully saturated rings. The number of terminal acetylenes is 1. The number of quaternary nitrogens is 1. The molecule has 2 rings (SSSR count). The third-order valence-corrected chi connectivity index (χ3v) is 4.13. The Kier molecular flexibility index (Phi) is 5.97. The van der Waals surface area contributed by atoms with Crippen molar-refractivity contribution in [1.82, 2.24) is 0 Å². The van der Waals surface area contributed by atoms with Gasteiger partial charge in [-0.2, -0.15) is 0 Å². The van der Waals surface area contributed by atoms with Crippen molar-refractivity contribution >= 4 is 5.97 Å². The molecule has 0 bridgehead atoms. The number of carbonyl (C=O) groups is 1.